The van der Waals surface area contributed by atoms with Crippen molar-refractivity contribution < 1.29 is 22.4 Å². The smallest absolute Gasteiger partial charge is 0.244 e. The number of sulfonamides is 1. The van der Waals surface area contributed by atoms with Gasteiger partial charge in [0.05, 0.1) is 11.9 Å². The number of para-hydroxylation sites is 1. The first-order valence-electron chi connectivity index (χ1n) is 10.4. The fraction of sp³-hybridized carbons (Fsp3) is 0.391. The van der Waals surface area contributed by atoms with E-state index in [2.05, 4.69) is 5.32 Å². The molecule has 0 spiro atoms. The fourth-order valence-electron chi connectivity index (χ4n) is 3.20. The number of nitrogens with one attached hydrogen (secondary N) is 1. The highest BCUT2D eigenvalue weighted by Gasteiger charge is 2.30. The zero-order valence-corrected chi connectivity index (χ0v) is 19.7. The second-order valence-corrected chi connectivity index (χ2v) is 9.58. The average Bonchev–Trinajstić information content (AvgIpc) is 2.74. The fourth-order valence-corrected chi connectivity index (χ4v) is 4.11. The largest absolute Gasteiger partial charge is 0.354 e. The summed E-state index contributed by atoms with van der Waals surface area (Å²) in [6, 6.07) is 11.6. The molecule has 32 heavy (non-hydrogen) atoms. The number of hydrogen-bond donors (Lipinski definition) is 1. The molecule has 7 nitrogen and oxygen atoms in total. The molecule has 0 fully saturated rings. The molecule has 0 saturated carbocycles. The van der Waals surface area contributed by atoms with E-state index in [0.717, 1.165) is 17.0 Å². The van der Waals surface area contributed by atoms with Gasteiger partial charge in [-0.25, -0.2) is 12.8 Å². The minimum absolute atomic E-state index is 0.0329. The summed E-state index contributed by atoms with van der Waals surface area (Å²) in [5, 5.41) is 2.76. The van der Waals surface area contributed by atoms with E-state index in [1.807, 2.05) is 6.92 Å². The van der Waals surface area contributed by atoms with Gasteiger partial charge >= 0.3 is 0 Å². The van der Waals surface area contributed by atoms with Gasteiger partial charge in [-0.1, -0.05) is 37.3 Å². The van der Waals surface area contributed by atoms with E-state index in [-0.39, 0.29) is 12.5 Å². The van der Waals surface area contributed by atoms with Crippen LogP contribution in [0, 0.1) is 12.7 Å². The minimum atomic E-state index is -3.77. The predicted octanol–water partition coefficient (Wildman–Crippen LogP) is 2.84. The Morgan fingerprint density at radius 3 is 2.28 bits per heavy atom. The van der Waals surface area contributed by atoms with Gasteiger partial charge in [0, 0.05) is 13.1 Å². The topological polar surface area (TPSA) is 86.8 Å². The van der Waals surface area contributed by atoms with E-state index in [1.165, 1.54) is 29.2 Å². The molecule has 0 aliphatic carbocycles. The Balaban J connectivity index is 2.37. The molecule has 2 aromatic rings. The van der Waals surface area contributed by atoms with Crippen LogP contribution in [0.2, 0.25) is 0 Å². The van der Waals surface area contributed by atoms with Crippen molar-refractivity contribution in [3.63, 3.8) is 0 Å². The zero-order valence-electron chi connectivity index (χ0n) is 18.8. The van der Waals surface area contributed by atoms with Crippen molar-refractivity contribution in [3.8, 4) is 0 Å². The predicted molar refractivity (Wildman–Crippen MR) is 123 cm³/mol. The number of carbonyl (C=O) groups excluding carboxylic acids is 2. The molecule has 0 aliphatic rings. The molecule has 2 amide bonds. The summed E-state index contributed by atoms with van der Waals surface area (Å²) in [7, 11) is -3.77. The number of halogens is 1. The Bertz CT molecular complexity index is 1040. The van der Waals surface area contributed by atoms with E-state index in [0.29, 0.717) is 23.4 Å². The van der Waals surface area contributed by atoms with Gasteiger partial charge in [-0.05, 0) is 49.6 Å². The van der Waals surface area contributed by atoms with Gasteiger partial charge < -0.3 is 10.2 Å². The Morgan fingerprint density at radius 1 is 1.09 bits per heavy atom. The van der Waals surface area contributed by atoms with Crippen LogP contribution in [0.1, 0.15) is 31.4 Å². The first-order valence-corrected chi connectivity index (χ1v) is 12.2. The molecule has 1 N–H and O–H groups in total. The van der Waals surface area contributed by atoms with Gasteiger partial charge in [-0.15, -0.1) is 0 Å². The summed E-state index contributed by atoms with van der Waals surface area (Å²) in [5.74, 6) is -1.30. The van der Waals surface area contributed by atoms with E-state index in [1.54, 1.807) is 38.1 Å². The van der Waals surface area contributed by atoms with E-state index in [4.69, 9.17) is 0 Å². The lowest BCUT2D eigenvalue weighted by molar-refractivity contribution is -0.139. The van der Waals surface area contributed by atoms with Crippen molar-refractivity contribution in [2.45, 2.75) is 39.8 Å². The lowest BCUT2D eigenvalue weighted by Crippen LogP contribution is -2.51. The lowest BCUT2D eigenvalue weighted by Gasteiger charge is -2.31. The number of hydrogen-bond acceptors (Lipinski definition) is 4. The maximum atomic E-state index is 13.3. The molecule has 0 aromatic heterocycles. The first kappa shape index (κ1) is 25.3. The third-order valence-corrected chi connectivity index (χ3v) is 6.17. The monoisotopic (exact) mass is 463 g/mol. The number of anilines is 1. The van der Waals surface area contributed by atoms with E-state index < -0.39 is 34.3 Å². The van der Waals surface area contributed by atoms with Gasteiger partial charge in [0.1, 0.15) is 18.4 Å². The minimum Gasteiger partial charge on any atom is -0.354 e. The van der Waals surface area contributed by atoms with Crippen LogP contribution in [0.5, 0.6) is 0 Å². The van der Waals surface area contributed by atoms with Crippen LogP contribution in [-0.2, 0) is 26.2 Å². The number of rotatable bonds is 10. The second-order valence-electron chi connectivity index (χ2n) is 7.67. The summed E-state index contributed by atoms with van der Waals surface area (Å²) in [5.41, 5.74) is 1.72. The second kappa shape index (κ2) is 11.1. The van der Waals surface area contributed by atoms with Crippen molar-refractivity contribution in [1.82, 2.24) is 10.2 Å². The van der Waals surface area contributed by atoms with E-state index >= 15 is 0 Å². The Morgan fingerprint density at radius 2 is 1.72 bits per heavy atom. The molecule has 174 valence electrons. The molecule has 1 atom stereocenters. The zero-order chi connectivity index (χ0) is 23.9. The quantitative estimate of drug-likeness (QED) is 0.587. The normalized spacial score (nSPS) is 12.2. The summed E-state index contributed by atoms with van der Waals surface area (Å²) in [4.78, 5) is 27.3. The summed E-state index contributed by atoms with van der Waals surface area (Å²) < 4.78 is 39.4. The first-order chi connectivity index (χ1) is 15.0. The highest BCUT2D eigenvalue weighted by atomic mass is 32.2. The van der Waals surface area contributed by atoms with Crippen molar-refractivity contribution in [2.75, 3.05) is 23.7 Å². The van der Waals surface area contributed by atoms with Crippen molar-refractivity contribution >= 4 is 27.5 Å². The number of nitrogens with zero attached hydrogens (tertiary/aromatic N) is 2. The summed E-state index contributed by atoms with van der Waals surface area (Å²) in [6.45, 7) is 5.29. The van der Waals surface area contributed by atoms with Crippen LogP contribution in [0.15, 0.2) is 48.5 Å². The van der Waals surface area contributed by atoms with Gasteiger partial charge in [-0.2, -0.15) is 0 Å². The molecule has 1 unspecified atom stereocenters. The van der Waals surface area contributed by atoms with Crippen molar-refractivity contribution in [1.29, 1.82) is 0 Å². The maximum Gasteiger partial charge on any atom is 0.244 e. The number of benzene rings is 2. The summed E-state index contributed by atoms with van der Waals surface area (Å²) in [6.07, 6.45) is 1.77. The molecule has 0 bridgehead atoms. The Labute approximate surface area is 189 Å². The van der Waals surface area contributed by atoms with E-state index in [9.17, 15) is 22.4 Å². The standard InChI is InChI=1S/C23H30FN3O4S/c1-5-14-25-23(29)18(3)26(15-19-10-12-20(24)13-11-19)22(28)16-27(32(4,30)31)21-9-7-6-8-17(21)2/h6-13,18H,5,14-16H2,1-4H3,(H,25,29). The molecule has 0 heterocycles. The molecule has 9 heteroatoms. The lowest BCUT2D eigenvalue weighted by atomic mass is 10.1. The number of carbonyl (C=O) groups is 2. The third kappa shape index (κ3) is 6.78. The molecule has 0 radical (unpaired) electrons. The number of aryl methyl sites for hydroxylation is 1. The van der Waals surface area contributed by atoms with Crippen molar-refractivity contribution in [2.24, 2.45) is 0 Å². The van der Waals surface area contributed by atoms with Crippen LogP contribution in [0.4, 0.5) is 10.1 Å². The van der Waals surface area contributed by atoms with Gasteiger partial charge in [0.15, 0.2) is 0 Å². The van der Waals surface area contributed by atoms with Crippen LogP contribution in [0.3, 0.4) is 0 Å². The number of amides is 2. The van der Waals surface area contributed by atoms with Gasteiger partial charge in [-0.3, -0.25) is 13.9 Å². The molecule has 2 aromatic carbocycles. The average molecular weight is 464 g/mol. The SMILES string of the molecule is CCCNC(=O)C(C)N(Cc1ccc(F)cc1)C(=O)CN(c1ccccc1C)S(C)(=O)=O. The van der Waals surface area contributed by atoms with Crippen LogP contribution < -0.4 is 9.62 Å². The third-order valence-electron chi connectivity index (χ3n) is 5.05. The Kier molecular flexibility index (Phi) is 8.77. The van der Waals surface area contributed by atoms with Gasteiger partial charge in [0.25, 0.3) is 0 Å². The molecular weight excluding hydrogens is 433 g/mol. The molecule has 0 saturated heterocycles. The van der Waals surface area contributed by atoms with Crippen LogP contribution in [-0.4, -0.2) is 50.5 Å². The van der Waals surface area contributed by atoms with Crippen molar-refractivity contribution in [3.05, 3.63) is 65.5 Å². The summed E-state index contributed by atoms with van der Waals surface area (Å²) >= 11 is 0. The van der Waals surface area contributed by atoms with Crippen LogP contribution >= 0.6 is 0 Å². The highest BCUT2D eigenvalue weighted by molar-refractivity contribution is 7.92. The molecule has 2 rings (SSSR count). The van der Waals surface area contributed by atoms with Crippen LogP contribution in [0.25, 0.3) is 0 Å². The Hall–Kier alpha value is -2.94. The van der Waals surface area contributed by atoms with Gasteiger partial charge in [0.2, 0.25) is 21.8 Å². The molecular formula is C23H30FN3O4S. The maximum absolute atomic E-state index is 13.3. The molecule has 0 aliphatic heterocycles. The highest BCUT2D eigenvalue weighted by Crippen LogP contribution is 2.22.